The summed E-state index contributed by atoms with van der Waals surface area (Å²) in [5, 5.41) is 8.78. The zero-order valence-electron chi connectivity index (χ0n) is 10.6. The summed E-state index contributed by atoms with van der Waals surface area (Å²) in [6.07, 6.45) is 4.52. The quantitative estimate of drug-likeness (QED) is 0.836. The maximum atomic E-state index is 11.8. The molecule has 0 saturated heterocycles. The summed E-state index contributed by atoms with van der Waals surface area (Å²) in [5.41, 5.74) is 0. The maximum absolute atomic E-state index is 11.8. The Morgan fingerprint density at radius 3 is 2.74 bits per heavy atom. The molecular formula is C12H16N2O4S. The minimum absolute atomic E-state index is 0.0315. The first-order valence-corrected chi connectivity index (χ1v) is 7.92. The molecule has 1 aliphatic carbocycles. The Morgan fingerprint density at radius 1 is 1.53 bits per heavy atom. The van der Waals surface area contributed by atoms with Gasteiger partial charge >= 0.3 is 5.97 Å². The predicted molar refractivity (Wildman–Crippen MR) is 70.0 cm³/mol. The monoisotopic (exact) mass is 284 g/mol. The van der Waals surface area contributed by atoms with Crippen molar-refractivity contribution in [3.05, 3.63) is 18.3 Å². The highest BCUT2D eigenvalue weighted by atomic mass is 32.2. The van der Waals surface area contributed by atoms with E-state index in [4.69, 9.17) is 5.11 Å². The van der Waals surface area contributed by atoms with E-state index in [-0.39, 0.29) is 23.9 Å². The summed E-state index contributed by atoms with van der Waals surface area (Å²) in [4.78, 5) is 16.8. The molecule has 1 aromatic heterocycles. The van der Waals surface area contributed by atoms with Gasteiger partial charge in [-0.3, -0.25) is 4.79 Å². The van der Waals surface area contributed by atoms with Crippen LogP contribution < -0.4 is 4.90 Å². The lowest BCUT2D eigenvalue weighted by atomic mass is 10.3. The molecule has 2 rings (SSSR count). The number of carboxylic acids is 1. The van der Waals surface area contributed by atoms with Crippen LogP contribution in [-0.4, -0.2) is 43.3 Å². The number of nitrogens with zero attached hydrogens (tertiary/aromatic N) is 2. The molecule has 1 aromatic rings. The molecule has 1 fully saturated rings. The number of aromatic nitrogens is 1. The van der Waals surface area contributed by atoms with Crippen LogP contribution in [0.15, 0.2) is 23.2 Å². The number of pyridine rings is 1. The van der Waals surface area contributed by atoms with Crippen molar-refractivity contribution in [3.63, 3.8) is 0 Å². The Morgan fingerprint density at radius 2 is 2.21 bits per heavy atom. The summed E-state index contributed by atoms with van der Waals surface area (Å²) in [6.45, 7) is 0.277. The van der Waals surface area contributed by atoms with Crippen LogP contribution in [-0.2, 0) is 14.6 Å². The van der Waals surface area contributed by atoms with Crippen molar-refractivity contribution in [2.45, 2.75) is 30.2 Å². The highest BCUT2D eigenvalue weighted by molar-refractivity contribution is 7.90. The van der Waals surface area contributed by atoms with E-state index in [2.05, 4.69) is 4.98 Å². The van der Waals surface area contributed by atoms with Crippen molar-refractivity contribution in [1.82, 2.24) is 4.98 Å². The van der Waals surface area contributed by atoms with Crippen LogP contribution in [0.2, 0.25) is 0 Å². The molecule has 19 heavy (non-hydrogen) atoms. The van der Waals surface area contributed by atoms with Gasteiger partial charge in [-0.1, -0.05) is 0 Å². The predicted octanol–water partition coefficient (Wildman–Crippen LogP) is 0.929. The van der Waals surface area contributed by atoms with E-state index >= 15 is 0 Å². The number of hydrogen-bond donors (Lipinski definition) is 1. The van der Waals surface area contributed by atoms with E-state index in [0.717, 1.165) is 19.1 Å². The molecule has 104 valence electrons. The Bertz CT molecular complexity index is 581. The Balaban J connectivity index is 2.34. The van der Waals surface area contributed by atoms with Gasteiger partial charge in [0, 0.05) is 25.0 Å². The van der Waals surface area contributed by atoms with E-state index in [1.807, 2.05) is 0 Å². The first-order valence-electron chi connectivity index (χ1n) is 6.03. The smallest absolute Gasteiger partial charge is 0.305 e. The van der Waals surface area contributed by atoms with E-state index in [1.165, 1.54) is 12.3 Å². The van der Waals surface area contributed by atoms with E-state index in [9.17, 15) is 13.2 Å². The normalized spacial score (nSPS) is 15.2. The number of anilines is 1. The first-order chi connectivity index (χ1) is 8.89. The average Bonchev–Trinajstić information content (AvgIpc) is 3.12. The topological polar surface area (TPSA) is 87.6 Å². The Hall–Kier alpha value is -1.63. The number of carboxylic acid groups (broad SMARTS) is 1. The van der Waals surface area contributed by atoms with Crippen molar-refractivity contribution >= 4 is 21.6 Å². The lowest BCUT2D eigenvalue weighted by molar-refractivity contribution is -0.136. The van der Waals surface area contributed by atoms with Gasteiger partial charge in [0.25, 0.3) is 0 Å². The minimum Gasteiger partial charge on any atom is -0.481 e. The van der Waals surface area contributed by atoms with E-state index in [1.54, 1.807) is 11.0 Å². The van der Waals surface area contributed by atoms with Gasteiger partial charge in [-0.2, -0.15) is 0 Å². The lowest BCUT2D eigenvalue weighted by Gasteiger charge is -2.24. The molecule has 0 radical (unpaired) electrons. The van der Waals surface area contributed by atoms with Crippen LogP contribution in [0.25, 0.3) is 0 Å². The summed E-state index contributed by atoms with van der Waals surface area (Å²) >= 11 is 0. The van der Waals surface area contributed by atoms with Gasteiger partial charge in [0.2, 0.25) is 0 Å². The third-order valence-electron chi connectivity index (χ3n) is 2.98. The van der Waals surface area contributed by atoms with Gasteiger partial charge in [0.1, 0.15) is 10.7 Å². The van der Waals surface area contributed by atoms with Gasteiger partial charge in [-0.25, -0.2) is 13.4 Å². The van der Waals surface area contributed by atoms with Crippen molar-refractivity contribution < 1.29 is 18.3 Å². The van der Waals surface area contributed by atoms with Crippen molar-refractivity contribution in [2.75, 3.05) is 17.7 Å². The van der Waals surface area contributed by atoms with Crippen LogP contribution in [0, 0.1) is 0 Å². The molecule has 1 aliphatic rings. The fourth-order valence-corrected chi connectivity index (χ4v) is 2.78. The molecule has 0 spiro atoms. The third kappa shape index (κ3) is 3.44. The number of hydrogen-bond acceptors (Lipinski definition) is 5. The number of aliphatic carboxylic acids is 1. The molecule has 1 saturated carbocycles. The molecule has 0 aliphatic heterocycles. The van der Waals surface area contributed by atoms with Gasteiger partial charge in [0.05, 0.1) is 6.42 Å². The van der Waals surface area contributed by atoms with Crippen molar-refractivity contribution in [2.24, 2.45) is 0 Å². The standard InChI is InChI=1S/C12H16N2O4S/c1-19(17,18)10-3-2-7-13-12(10)14(9-4-5-9)8-6-11(15)16/h2-3,7,9H,4-6,8H2,1H3,(H,15,16). The highest BCUT2D eigenvalue weighted by Gasteiger charge is 2.32. The number of carbonyl (C=O) groups is 1. The molecule has 0 amide bonds. The fourth-order valence-electron chi connectivity index (χ4n) is 1.95. The van der Waals surface area contributed by atoms with Gasteiger partial charge in [-0.15, -0.1) is 0 Å². The van der Waals surface area contributed by atoms with Gasteiger partial charge in [0.15, 0.2) is 9.84 Å². The highest BCUT2D eigenvalue weighted by Crippen LogP contribution is 2.33. The van der Waals surface area contributed by atoms with E-state index in [0.29, 0.717) is 5.82 Å². The van der Waals surface area contributed by atoms with Crippen molar-refractivity contribution in [3.8, 4) is 0 Å². The lowest BCUT2D eigenvalue weighted by Crippen LogP contribution is -2.30. The molecule has 6 nitrogen and oxygen atoms in total. The molecule has 0 bridgehead atoms. The summed E-state index contributed by atoms with van der Waals surface area (Å²) in [7, 11) is -3.37. The minimum atomic E-state index is -3.37. The summed E-state index contributed by atoms with van der Waals surface area (Å²) in [6, 6.07) is 3.28. The first kappa shape index (κ1) is 13.8. The van der Waals surface area contributed by atoms with Gasteiger partial charge < -0.3 is 10.0 Å². The molecule has 0 aromatic carbocycles. The number of sulfone groups is 1. The number of rotatable bonds is 6. The second-order valence-corrected chi connectivity index (χ2v) is 6.65. The van der Waals surface area contributed by atoms with Crippen molar-refractivity contribution in [1.29, 1.82) is 0 Å². The summed E-state index contributed by atoms with van der Waals surface area (Å²) in [5.74, 6) is -0.531. The summed E-state index contributed by atoms with van der Waals surface area (Å²) < 4.78 is 23.5. The Labute approximate surface area is 112 Å². The molecule has 7 heteroatoms. The zero-order valence-corrected chi connectivity index (χ0v) is 11.4. The fraction of sp³-hybridized carbons (Fsp3) is 0.500. The van der Waals surface area contributed by atoms with Crippen LogP contribution in [0.1, 0.15) is 19.3 Å². The Kier molecular flexibility index (Phi) is 3.75. The molecular weight excluding hydrogens is 268 g/mol. The van der Waals surface area contributed by atoms with E-state index < -0.39 is 15.8 Å². The molecule has 1 heterocycles. The van der Waals surface area contributed by atoms with Crippen LogP contribution in [0.5, 0.6) is 0 Å². The SMILES string of the molecule is CS(=O)(=O)c1cccnc1N(CCC(=O)O)C1CC1. The zero-order chi connectivity index (χ0) is 14.0. The third-order valence-corrected chi connectivity index (χ3v) is 4.09. The van der Waals surface area contributed by atoms with Crippen LogP contribution >= 0.6 is 0 Å². The maximum Gasteiger partial charge on any atom is 0.305 e. The van der Waals surface area contributed by atoms with Crippen LogP contribution in [0.3, 0.4) is 0 Å². The van der Waals surface area contributed by atoms with Gasteiger partial charge in [-0.05, 0) is 25.0 Å². The molecule has 1 N–H and O–H groups in total. The van der Waals surface area contributed by atoms with Crippen LogP contribution in [0.4, 0.5) is 5.82 Å². The molecule has 0 unspecified atom stereocenters. The second-order valence-electron chi connectivity index (χ2n) is 4.67. The second kappa shape index (κ2) is 5.16. The molecule has 0 atom stereocenters. The largest absolute Gasteiger partial charge is 0.481 e. The average molecular weight is 284 g/mol.